The van der Waals surface area contributed by atoms with Gasteiger partial charge in [-0.2, -0.15) is 0 Å². The van der Waals surface area contributed by atoms with E-state index < -0.39 is 0 Å². The number of nitrogens with zero attached hydrogens (tertiary/aromatic N) is 2. The first-order valence-electron chi connectivity index (χ1n) is 5.41. The van der Waals surface area contributed by atoms with Crippen molar-refractivity contribution < 1.29 is 4.79 Å². The quantitative estimate of drug-likeness (QED) is 0.754. The van der Waals surface area contributed by atoms with Crippen molar-refractivity contribution >= 4 is 28.3 Å². The van der Waals surface area contributed by atoms with Crippen LogP contribution in [-0.2, 0) is 6.54 Å². The number of nitrogens with one attached hydrogen (secondary N) is 2. The van der Waals surface area contributed by atoms with E-state index in [0.717, 1.165) is 15.9 Å². The average Bonchev–Trinajstić information content (AvgIpc) is 3.05. The molecule has 0 saturated heterocycles. The van der Waals surface area contributed by atoms with Gasteiger partial charge in [0.1, 0.15) is 0 Å². The number of carbonyl (C=O) groups is 1. The van der Waals surface area contributed by atoms with E-state index in [4.69, 9.17) is 0 Å². The Labute approximate surface area is 107 Å². The molecule has 0 aliphatic heterocycles. The first-order chi connectivity index (χ1) is 8.83. The van der Waals surface area contributed by atoms with E-state index in [2.05, 4.69) is 20.3 Å². The molecule has 0 radical (unpaired) electrons. The molecule has 3 aromatic rings. The number of hydrogen-bond donors (Lipinski definition) is 2. The molecule has 0 fully saturated rings. The first-order valence-corrected chi connectivity index (χ1v) is 6.29. The van der Waals surface area contributed by atoms with Crippen molar-refractivity contribution in [2.75, 3.05) is 0 Å². The molecule has 6 heteroatoms. The third kappa shape index (κ3) is 2.10. The van der Waals surface area contributed by atoms with E-state index in [1.54, 1.807) is 30.2 Å². The van der Waals surface area contributed by atoms with Gasteiger partial charge in [0, 0.05) is 16.6 Å². The van der Waals surface area contributed by atoms with Crippen LogP contribution in [-0.4, -0.2) is 20.9 Å². The lowest BCUT2D eigenvalue weighted by molar-refractivity contribution is 0.0951. The molecule has 0 aliphatic carbocycles. The zero-order valence-corrected chi connectivity index (χ0v) is 10.2. The Morgan fingerprint density at radius 1 is 1.44 bits per heavy atom. The molecular weight excluding hydrogens is 248 g/mol. The predicted octanol–water partition coefficient (Wildman–Crippen LogP) is 1.95. The third-order valence-corrected chi connectivity index (χ3v) is 3.37. The number of thiazole rings is 1. The van der Waals surface area contributed by atoms with Crippen LogP contribution < -0.4 is 5.32 Å². The fraction of sp³-hybridized carbons (Fsp3) is 0.0833. The number of hydrogen-bond acceptors (Lipinski definition) is 4. The van der Waals surface area contributed by atoms with E-state index in [1.165, 1.54) is 11.3 Å². The zero-order chi connectivity index (χ0) is 12.4. The summed E-state index contributed by atoms with van der Waals surface area (Å²) in [5.74, 6) is -0.0973. The molecular formula is C12H10N4OS. The van der Waals surface area contributed by atoms with Crippen molar-refractivity contribution in [3.05, 3.63) is 46.7 Å². The Hall–Kier alpha value is -2.21. The summed E-state index contributed by atoms with van der Waals surface area (Å²) >= 11 is 1.52. The fourth-order valence-corrected chi connectivity index (χ4v) is 2.21. The molecule has 5 nitrogen and oxygen atoms in total. The summed E-state index contributed by atoms with van der Waals surface area (Å²) in [5, 5.41) is 2.86. The van der Waals surface area contributed by atoms with Crippen molar-refractivity contribution in [3.63, 3.8) is 0 Å². The number of aromatic nitrogens is 3. The number of rotatable bonds is 3. The minimum Gasteiger partial charge on any atom is -0.347 e. The van der Waals surface area contributed by atoms with Gasteiger partial charge in [-0.3, -0.25) is 9.78 Å². The van der Waals surface area contributed by atoms with Crippen molar-refractivity contribution in [2.45, 2.75) is 6.54 Å². The molecule has 0 aliphatic rings. The highest BCUT2D eigenvalue weighted by Gasteiger charge is 2.07. The minimum absolute atomic E-state index is 0.0973. The molecule has 0 unspecified atom stereocenters. The number of aromatic amines is 1. The van der Waals surface area contributed by atoms with Gasteiger partial charge in [-0.1, -0.05) is 0 Å². The van der Waals surface area contributed by atoms with Crippen molar-refractivity contribution in [1.82, 2.24) is 20.3 Å². The fourth-order valence-electron chi connectivity index (χ4n) is 1.68. The van der Waals surface area contributed by atoms with Crippen molar-refractivity contribution in [3.8, 4) is 0 Å². The molecule has 2 heterocycles. The monoisotopic (exact) mass is 258 g/mol. The maximum Gasteiger partial charge on any atom is 0.251 e. The normalized spacial score (nSPS) is 10.7. The summed E-state index contributed by atoms with van der Waals surface area (Å²) in [7, 11) is 0. The number of imidazole rings is 1. The van der Waals surface area contributed by atoms with Gasteiger partial charge in [0.2, 0.25) is 0 Å². The second-order valence-electron chi connectivity index (χ2n) is 3.78. The number of H-pyrrole nitrogens is 1. The highest BCUT2D eigenvalue weighted by atomic mass is 32.1. The molecule has 0 bridgehead atoms. The number of fused-ring (bicyclic) bond motifs is 1. The molecule has 1 amide bonds. The summed E-state index contributed by atoms with van der Waals surface area (Å²) in [6.45, 7) is 0.504. The van der Waals surface area contributed by atoms with E-state index >= 15 is 0 Å². The molecule has 18 heavy (non-hydrogen) atoms. The molecule has 1 aromatic carbocycles. The first kappa shape index (κ1) is 10.9. The lowest BCUT2D eigenvalue weighted by Gasteiger charge is -2.03. The van der Waals surface area contributed by atoms with Gasteiger partial charge in [0.05, 0.1) is 29.4 Å². The van der Waals surface area contributed by atoms with E-state index in [1.807, 2.05) is 6.07 Å². The Morgan fingerprint density at radius 3 is 3.22 bits per heavy atom. The summed E-state index contributed by atoms with van der Waals surface area (Å²) in [6.07, 6.45) is 3.37. The van der Waals surface area contributed by atoms with Crippen molar-refractivity contribution in [2.24, 2.45) is 0 Å². The lowest BCUT2D eigenvalue weighted by atomic mass is 10.2. The van der Waals surface area contributed by atoms with Crippen LogP contribution in [0.2, 0.25) is 0 Å². The SMILES string of the molecule is O=C(NCc1cncs1)c1ccc2nc[nH]c2c1. The Bertz CT molecular complexity index is 674. The highest BCUT2D eigenvalue weighted by Crippen LogP contribution is 2.12. The molecule has 2 N–H and O–H groups in total. The van der Waals surface area contributed by atoms with Crippen LogP contribution in [0, 0.1) is 0 Å². The molecule has 0 spiro atoms. The smallest absolute Gasteiger partial charge is 0.251 e. The second-order valence-corrected chi connectivity index (χ2v) is 4.76. The summed E-state index contributed by atoms with van der Waals surface area (Å²) in [5.41, 5.74) is 4.09. The highest BCUT2D eigenvalue weighted by molar-refractivity contribution is 7.09. The van der Waals surface area contributed by atoms with Gasteiger partial charge in [0.25, 0.3) is 5.91 Å². The Kier molecular flexibility index (Phi) is 2.77. The maximum absolute atomic E-state index is 11.9. The van der Waals surface area contributed by atoms with Crippen LogP contribution in [0.4, 0.5) is 0 Å². The number of amides is 1. The summed E-state index contributed by atoms with van der Waals surface area (Å²) in [4.78, 5) is 24.0. The van der Waals surface area contributed by atoms with Gasteiger partial charge in [0.15, 0.2) is 0 Å². The van der Waals surface area contributed by atoms with Crippen LogP contribution in [0.1, 0.15) is 15.2 Å². The Balaban J connectivity index is 1.75. The molecule has 0 atom stereocenters. The van der Waals surface area contributed by atoms with E-state index in [9.17, 15) is 4.79 Å². The lowest BCUT2D eigenvalue weighted by Crippen LogP contribution is -2.22. The Morgan fingerprint density at radius 2 is 2.39 bits per heavy atom. The number of benzene rings is 1. The average molecular weight is 258 g/mol. The van der Waals surface area contributed by atoms with Gasteiger partial charge < -0.3 is 10.3 Å². The van der Waals surface area contributed by atoms with Crippen LogP contribution >= 0.6 is 11.3 Å². The van der Waals surface area contributed by atoms with Crippen LogP contribution in [0.5, 0.6) is 0 Å². The molecule has 90 valence electrons. The van der Waals surface area contributed by atoms with E-state index in [-0.39, 0.29) is 5.91 Å². The zero-order valence-electron chi connectivity index (χ0n) is 9.38. The molecule has 0 saturated carbocycles. The second kappa shape index (κ2) is 4.58. The largest absolute Gasteiger partial charge is 0.347 e. The number of carbonyl (C=O) groups excluding carboxylic acids is 1. The summed E-state index contributed by atoms with van der Waals surface area (Å²) < 4.78 is 0. The van der Waals surface area contributed by atoms with Crippen molar-refractivity contribution in [1.29, 1.82) is 0 Å². The van der Waals surface area contributed by atoms with Gasteiger partial charge >= 0.3 is 0 Å². The van der Waals surface area contributed by atoms with E-state index in [0.29, 0.717) is 12.1 Å². The minimum atomic E-state index is -0.0973. The standard InChI is InChI=1S/C12H10N4OS/c17-12(14-5-9-4-13-7-18-9)8-1-2-10-11(3-8)16-6-15-10/h1-4,6-7H,5H2,(H,14,17)(H,15,16). The van der Waals surface area contributed by atoms with Crippen LogP contribution in [0.3, 0.4) is 0 Å². The predicted molar refractivity (Wildman–Crippen MR) is 69.4 cm³/mol. The molecule has 3 rings (SSSR count). The summed E-state index contributed by atoms with van der Waals surface area (Å²) in [6, 6.07) is 5.39. The molecule has 2 aromatic heterocycles. The maximum atomic E-state index is 11.9. The van der Waals surface area contributed by atoms with Gasteiger partial charge in [-0.15, -0.1) is 11.3 Å². The van der Waals surface area contributed by atoms with Gasteiger partial charge in [-0.25, -0.2) is 4.98 Å². The topological polar surface area (TPSA) is 70.7 Å². The third-order valence-electron chi connectivity index (χ3n) is 2.59. The van der Waals surface area contributed by atoms with Gasteiger partial charge in [-0.05, 0) is 18.2 Å². The van der Waals surface area contributed by atoms with Crippen LogP contribution in [0.15, 0.2) is 36.2 Å². The van der Waals surface area contributed by atoms with Crippen LogP contribution in [0.25, 0.3) is 11.0 Å².